The Labute approximate surface area is 250 Å². The maximum atomic E-state index is 13.6. The Balaban J connectivity index is 1.49. The molecular weight excluding hydrogens is 584 g/mol. The van der Waals surface area contributed by atoms with Crippen LogP contribution in [0.5, 0.6) is 0 Å². The highest BCUT2D eigenvalue weighted by atomic mass is 35.5. The molecule has 0 bridgehead atoms. The molecule has 0 spiro atoms. The van der Waals surface area contributed by atoms with Gasteiger partial charge in [-0.3, -0.25) is 24.6 Å². The molecule has 0 aromatic carbocycles. The van der Waals surface area contributed by atoms with Gasteiger partial charge < -0.3 is 36.3 Å². The molecule has 0 saturated carbocycles. The van der Waals surface area contributed by atoms with Gasteiger partial charge in [0.05, 0.1) is 11.1 Å². The van der Waals surface area contributed by atoms with Crippen molar-refractivity contribution in [1.82, 2.24) is 40.5 Å². The number of likely N-dealkylation sites (tertiary alicyclic amines) is 1. The van der Waals surface area contributed by atoms with E-state index in [9.17, 15) is 19.2 Å². The fourth-order valence-corrected chi connectivity index (χ4v) is 5.91. The van der Waals surface area contributed by atoms with Crippen LogP contribution in [0.2, 0.25) is 5.02 Å². The molecule has 3 aromatic rings. The Hall–Kier alpha value is -4.24. The lowest BCUT2D eigenvalue weighted by Crippen LogP contribution is -2.45. The van der Waals surface area contributed by atoms with Gasteiger partial charge in [-0.1, -0.05) is 11.6 Å². The van der Waals surface area contributed by atoms with Crippen molar-refractivity contribution in [3.8, 4) is 0 Å². The van der Waals surface area contributed by atoms with E-state index in [4.69, 9.17) is 22.7 Å². The zero-order valence-corrected chi connectivity index (χ0v) is 24.7. The van der Waals surface area contributed by atoms with E-state index in [1.165, 1.54) is 25.3 Å². The fourth-order valence-electron chi connectivity index (χ4n) is 4.82. The largest absolute Gasteiger partial charge is 0.370 e. The molecule has 14 nitrogen and oxygen atoms in total. The number of halogens is 1. The number of hydrogen-bond acceptors (Lipinski definition) is 8. The molecule has 224 valence electrons. The highest BCUT2D eigenvalue weighted by Gasteiger charge is 2.39. The van der Waals surface area contributed by atoms with E-state index in [1.54, 1.807) is 39.2 Å². The minimum atomic E-state index is -0.776. The third kappa shape index (κ3) is 7.53. The van der Waals surface area contributed by atoms with E-state index in [0.29, 0.717) is 47.9 Å². The third-order valence-corrected chi connectivity index (χ3v) is 7.92. The van der Waals surface area contributed by atoms with Crippen LogP contribution in [0, 0.1) is 5.41 Å². The van der Waals surface area contributed by atoms with Crippen molar-refractivity contribution in [2.45, 2.75) is 50.7 Å². The van der Waals surface area contributed by atoms with Crippen LogP contribution in [0.15, 0.2) is 29.9 Å². The van der Waals surface area contributed by atoms with Crippen LogP contribution in [0.25, 0.3) is 5.65 Å². The van der Waals surface area contributed by atoms with Gasteiger partial charge >= 0.3 is 0 Å². The smallest absolute Gasteiger partial charge is 0.274 e. The van der Waals surface area contributed by atoms with Crippen molar-refractivity contribution in [2.75, 3.05) is 20.1 Å². The molecule has 7 N–H and O–H groups in total. The summed E-state index contributed by atoms with van der Waals surface area (Å²) in [6.45, 7) is 2.15. The summed E-state index contributed by atoms with van der Waals surface area (Å²) in [6.07, 6.45) is 5.32. The minimum absolute atomic E-state index is 0.125. The summed E-state index contributed by atoms with van der Waals surface area (Å²) in [5.41, 5.74) is 6.18. The summed E-state index contributed by atoms with van der Waals surface area (Å²) in [5, 5.41) is 20.7. The number of rotatable bonds is 11. The maximum absolute atomic E-state index is 13.6. The van der Waals surface area contributed by atoms with E-state index in [0.717, 1.165) is 0 Å². The number of fused-ring (bicyclic) bond motifs is 1. The zero-order chi connectivity index (χ0) is 30.4. The Morgan fingerprint density at radius 3 is 2.69 bits per heavy atom. The van der Waals surface area contributed by atoms with Gasteiger partial charge in [0.15, 0.2) is 5.96 Å². The summed E-state index contributed by atoms with van der Waals surface area (Å²) in [7, 11) is 1.49. The average Bonchev–Trinajstić information content (AvgIpc) is 3.68. The van der Waals surface area contributed by atoms with Gasteiger partial charge in [-0.25, -0.2) is 9.97 Å². The van der Waals surface area contributed by atoms with Crippen LogP contribution < -0.4 is 27.0 Å². The van der Waals surface area contributed by atoms with Crippen LogP contribution in [0.4, 0.5) is 0 Å². The van der Waals surface area contributed by atoms with Gasteiger partial charge in [-0.15, -0.1) is 11.3 Å². The predicted octanol–water partition coefficient (Wildman–Crippen LogP) is 1.03. The molecule has 0 unspecified atom stereocenters. The summed E-state index contributed by atoms with van der Waals surface area (Å²) >= 11 is 7.30. The topological polar surface area (TPSA) is 200 Å². The molecule has 0 aliphatic carbocycles. The lowest BCUT2D eigenvalue weighted by atomic mass is 10.1. The normalized spacial score (nSPS) is 17.1. The average molecular weight is 617 g/mol. The van der Waals surface area contributed by atoms with Crippen LogP contribution >= 0.6 is 22.9 Å². The van der Waals surface area contributed by atoms with E-state index < -0.39 is 18.0 Å². The minimum Gasteiger partial charge on any atom is -0.370 e. The quantitative estimate of drug-likeness (QED) is 0.104. The number of carbonyl (C=O) groups excluding carboxylic acids is 4. The van der Waals surface area contributed by atoms with Crippen LogP contribution in [-0.4, -0.2) is 81.1 Å². The molecule has 4 amide bonds. The van der Waals surface area contributed by atoms with Crippen molar-refractivity contribution in [2.24, 2.45) is 5.73 Å². The summed E-state index contributed by atoms with van der Waals surface area (Å²) < 4.78 is 1.67. The third-order valence-electron chi connectivity index (χ3n) is 6.75. The number of unbranched alkanes of at least 4 members (excludes halogenated alkanes) is 1. The lowest BCUT2D eigenvalue weighted by molar-refractivity contribution is -0.122. The number of nitrogens with one attached hydrogen (secondary N) is 5. The lowest BCUT2D eigenvalue weighted by Gasteiger charge is -2.22. The Bertz CT molecular complexity index is 1490. The summed E-state index contributed by atoms with van der Waals surface area (Å²) in [5.74, 6) is -1.53. The number of aromatic nitrogens is 3. The number of amides is 4. The molecule has 1 saturated heterocycles. The summed E-state index contributed by atoms with van der Waals surface area (Å²) in [6, 6.07) is 1.81. The number of thiazole rings is 1. The number of nitrogens with zero attached hydrogens (tertiary/aromatic N) is 4. The van der Waals surface area contributed by atoms with Crippen molar-refractivity contribution in [3.05, 3.63) is 51.3 Å². The van der Waals surface area contributed by atoms with Crippen molar-refractivity contribution >= 4 is 58.2 Å². The first-order valence-electron chi connectivity index (χ1n) is 13.3. The highest BCUT2D eigenvalue weighted by molar-refractivity contribution is 7.09. The Kier molecular flexibility index (Phi) is 9.96. The molecular formula is C26H33ClN10O4S. The number of hydrogen-bond donors (Lipinski definition) is 6. The van der Waals surface area contributed by atoms with Gasteiger partial charge in [0.25, 0.3) is 11.8 Å². The number of imidazole rings is 1. The monoisotopic (exact) mass is 616 g/mol. The predicted molar refractivity (Wildman–Crippen MR) is 157 cm³/mol. The molecule has 1 aliphatic rings. The van der Waals surface area contributed by atoms with Crippen LogP contribution in [0.3, 0.4) is 0 Å². The second-order valence-electron chi connectivity index (χ2n) is 9.89. The fraction of sp³-hybridized carbons (Fsp3) is 0.423. The second kappa shape index (κ2) is 13.6. The first-order valence-corrected chi connectivity index (χ1v) is 14.6. The van der Waals surface area contributed by atoms with E-state index in [1.807, 2.05) is 0 Å². The molecule has 4 rings (SSSR count). The van der Waals surface area contributed by atoms with E-state index in [2.05, 4.69) is 31.2 Å². The number of guanidine groups is 1. The number of pyridine rings is 1. The molecule has 1 aliphatic heterocycles. The van der Waals surface area contributed by atoms with Crippen LogP contribution in [-0.2, 0) is 9.59 Å². The molecule has 1 fully saturated rings. The number of likely N-dealkylation sites (N-methyl/N-ethyl adjacent to an activating group) is 1. The molecule has 0 radical (unpaired) electrons. The summed E-state index contributed by atoms with van der Waals surface area (Å²) in [4.78, 5) is 61.5. The number of carbonyl (C=O) groups is 4. The van der Waals surface area contributed by atoms with Crippen molar-refractivity contribution in [1.29, 1.82) is 5.41 Å². The Morgan fingerprint density at radius 1 is 1.19 bits per heavy atom. The SMILES string of the molecule is CNC(=O)[C@H](CCCCNC(=N)N)NC(=O)c1csc([C@H]2C[C@@H](NC(C)=O)CN2C(=O)c2cn3cc(Cl)ccc3n2)n1. The van der Waals surface area contributed by atoms with E-state index >= 15 is 0 Å². The first-order chi connectivity index (χ1) is 20.0. The van der Waals surface area contributed by atoms with Gasteiger partial charge in [-0.2, -0.15) is 0 Å². The van der Waals surface area contributed by atoms with Gasteiger partial charge in [0.2, 0.25) is 11.8 Å². The number of nitrogens with two attached hydrogens (primary N) is 1. The second-order valence-corrected chi connectivity index (χ2v) is 11.2. The van der Waals surface area contributed by atoms with Gasteiger partial charge in [0.1, 0.15) is 28.1 Å². The molecule has 42 heavy (non-hydrogen) atoms. The van der Waals surface area contributed by atoms with E-state index in [-0.39, 0.29) is 47.7 Å². The standard InChI is InChI=1S/C26H33ClN10O4S/c1-14(38)32-16-9-20(37(11-16)25(41)18-12-36-10-15(27)6-7-21(36)33-18)24-35-19(13-42-24)23(40)34-17(22(39)30-2)5-3-4-8-31-26(28)29/h6-7,10,12-13,16-17,20H,3-5,8-9,11H2,1-2H3,(H,30,39)(H,32,38)(H,34,40)(H4,28,29,31)/t16-,17+,20-/m1/s1. The maximum Gasteiger partial charge on any atom is 0.274 e. The van der Waals surface area contributed by atoms with Crippen molar-refractivity contribution in [3.63, 3.8) is 0 Å². The Morgan fingerprint density at radius 2 is 1.98 bits per heavy atom. The van der Waals surface area contributed by atoms with Crippen molar-refractivity contribution < 1.29 is 19.2 Å². The molecule has 4 heterocycles. The van der Waals surface area contributed by atoms with Gasteiger partial charge in [-0.05, 0) is 37.8 Å². The van der Waals surface area contributed by atoms with Crippen LogP contribution in [0.1, 0.15) is 64.6 Å². The van der Waals surface area contributed by atoms with Gasteiger partial charge in [0, 0.05) is 50.9 Å². The molecule has 16 heteroatoms. The highest BCUT2D eigenvalue weighted by Crippen LogP contribution is 2.35. The molecule has 3 aromatic heterocycles. The first kappa shape index (κ1) is 30.7. The zero-order valence-electron chi connectivity index (χ0n) is 23.1. The molecule has 3 atom stereocenters.